The number of phenols is 1. The minimum atomic E-state index is -0.120. The van der Waals surface area contributed by atoms with E-state index in [4.69, 9.17) is 14.3 Å². The summed E-state index contributed by atoms with van der Waals surface area (Å²) in [5.41, 5.74) is 7.03. The summed E-state index contributed by atoms with van der Waals surface area (Å²) in [6.07, 6.45) is 6.05. The van der Waals surface area contributed by atoms with E-state index in [1.54, 1.807) is 20.3 Å². The number of fused-ring (bicyclic) bond motifs is 5. The van der Waals surface area contributed by atoms with E-state index in [1.165, 1.54) is 0 Å². The first kappa shape index (κ1) is 22.7. The van der Waals surface area contributed by atoms with Crippen molar-refractivity contribution in [2.24, 2.45) is 22.4 Å². The molecule has 0 saturated heterocycles. The number of rotatable bonds is 7. The summed E-state index contributed by atoms with van der Waals surface area (Å²) in [5.74, 6) is 2.33. The second kappa shape index (κ2) is 8.95. The summed E-state index contributed by atoms with van der Waals surface area (Å²) in [7, 11) is 3.22. The summed E-state index contributed by atoms with van der Waals surface area (Å²) in [5, 5.41) is 14.0. The average molecular weight is 465 g/mol. The van der Waals surface area contributed by atoms with Gasteiger partial charge in [-0.2, -0.15) is 4.91 Å². The van der Waals surface area contributed by atoms with Gasteiger partial charge in [0.25, 0.3) is 0 Å². The van der Waals surface area contributed by atoms with E-state index < -0.39 is 0 Å². The van der Waals surface area contributed by atoms with Gasteiger partial charge < -0.3 is 14.6 Å². The van der Waals surface area contributed by atoms with E-state index in [0.29, 0.717) is 24.2 Å². The Balaban J connectivity index is 1.45. The van der Waals surface area contributed by atoms with E-state index in [0.717, 1.165) is 53.8 Å². The molecule has 3 aliphatic rings. The standard InChI is InChI=1S/C27H32N2O5/c1-27-11-10-18-19-14-25(33-3)24(30)13-21(19)23(12-20(18)22(27)8-9-26(27)28-31)29-34-15-16-4-6-17(32-2)7-5-16/h4-7,12-14,18,20,22,26,29-30H,8-11,15H2,1-3H3/t18-,20-,22+,26?,27+/m1/s1. The molecule has 2 aromatic rings. The lowest BCUT2D eigenvalue weighted by atomic mass is 9.56. The largest absolute Gasteiger partial charge is 0.504 e. The SMILES string of the molecule is COc1ccc(CONC2=C[C@@H]3[C@H](CC[C@]4(C)C(N=O)CC[C@@H]34)c3cc(OC)c(O)cc32)cc1. The van der Waals surface area contributed by atoms with Gasteiger partial charge in [0.15, 0.2) is 11.5 Å². The Bertz CT molecular complexity index is 1100. The van der Waals surface area contributed by atoms with Crippen LogP contribution >= 0.6 is 0 Å². The number of aromatic hydroxyl groups is 1. The molecule has 0 amide bonds. The van der Waals surface area contributed by atoms with Crippen molar-refractivity contribution < 1.29 is 19.4 Å². The Morgan fingerprint density at radius 3 is 2.62 bits per heavy atom. The molecule has 7 nitrogen and oxygen atoms in total. The molecular weight excluding hydrogens is 432 g/mol. The number of hydrogen-bond acceptors (Lipinski definition) is 7. The normalized spacial score (nSPS) is 29.3. The van der Waals surface area contributed by atoms with Crippen molar-refractivity contribution in [3.63, 3.8) is 0 Å². The molecule has 5 atom stereocenters. The maximum Gasteiger partial charge on any atom is 0.160 e. The van der Waals surface area contributed by atoms with E-state index in [9.17, 15) is 10.0 Å². The van der Waals surface area contributed by atoms with Gasteiger partial charge in [0.05, 0.1) is 32.6 Å². The monoisotopic (exact) mass is 464 g/mol. The summed E-state index contributed by atoms with van der Waals surface area (Å²) < 4.78 is 10.7. The summed E-state index contributed by atoms with van der Waals surface area (Å²) >= 11 is 0. The fraction of sp³-hybridized carbons (Fsp3) is 0.481. The highest BCUT2D eigenvalue weighted by molar-refractivity contribution is 5.72. The van der Waals surface area contributed by atoms with Crippen molar-refractivity contribution >= 4 is 5.70 Å². The van der Waals surface area contributed by atoms with Crippen LogP contribution in [0.2, 0.25) is 0 Å². The predicted octanol–water partition coefficient (Wildman–Crippen LogP) is 5.53. The van der Waals surface area contributed by atoms with Gasteiger partial charge in [0, 0.05) is 5.56 Å². The maximum atomic E-state index is 11.6. The fourth-order valence-electron chi connectivity index (χ4n) is 6.51. The third-order valence-corrected chi connectivity index (χ3v) is 8.39. The van der Waals surface area contributed by atoms with Crippen LogP contribution in [0.15, 0.2) is 47.7 Å². The summed E-state index contributed by atoms with van der Waals surface area (Å²) in [6, 6.07) is 11.4. The number of nitroso groups, excluding NO2 is 1. The molecule has 7 heteroatoms. The summed E-state index contributed by atoms with van der Waals surface area (Å²) in [6.45, 7) is 2.62. The van der Waals surface area contributed by atoms with E-state index in [1.807, 2.05) is 30.3 Å². The van der Waals surface area contributed by atoms with Crippen molar-refractivity contribution in [1.82, 2.24) is 5.48 Å². The Kier molecular flexibility index (Phi) is 5.98. The molecule has 0 heterocycles. The van der Waals surface area contributed by atoms with Gasteiger partial charge in [0.2, 0.25) is 0 Å². The molecule has 34 heavy (non-hydrogen) atoms. The number of methoxy groups -OCH3 is 2. The molecule has 3 aliphatic carbocycles. The van der Waals surface area contributed by atoms with Crippen molar-refractivity contribution in [3.05, 3.63) is 64.1 Å². The van der Waals surface area contributed by atoms with Gasteiger partial charge in [-0.3, -0.25) is 10.3 Å². The number of nitrogens with zero attached hydrogens (tertiary/aromatic N) is 1. The zero-order chi connectivity index (χ0) is 23.9. The quantitative estimate of drug-likeness (QED) is 0.414. The number of nitrogens with one attached hydrogen (secondary N) is 1. The molecule has 2 saturated carbocycles. The molecule has 1 unspecified atom stereocenters. The Morgan fingerprint density at radius 2 is 1.91 bits per heavy atom. The van der Waals surface area contributed by atoms with Crippen LogP contribution in [0.5, 0.6) is 17.2 Å². The number of benzene rings is 2. The van der Waals surface area contributed by atoms with Crippen molar-refractivity contribution in [2.45, 2.75) is 51.2 Å². The van der Waals surface area contributed by atoms with Gasteiger partial charge in [-0.25, -0.2) is 0 Å². The highest BCUT2D eigenvalue weighted by Crippen LogP contribution is 2.61. The second-order valence-corrected chi connectivity index (χ2v) is 9.96. The Morgan fingerprint density at radius 1 is 1.12 bits per heavy atom. The van der Waals surface area contributed by atoms with Gasteiger partial charge in [-0.1, -0.05) is 30.3 Å². The van der Waals surface area contributed by atoms with Gasteiger partial charge in [0.1, 0.15) is 5.75 Å². The molecular formula is C27H32N2O5. The Labute approximate surface area is 200 Å². The lowest BCUT2D eigenvalue weighted by Crippen LogP contribution is -2.42. The number of phenolic OH excluding ortho intramolecular Hbond substituents is 1. The van der Waals surface area contributed by atoms with E-state index >= 15 is 0 Å². The van der Waals surface area contributed by atoms with Crippen LogP contribution in [0, 0.1) is 22.2 Å². The van der Waals surface area contributed by atoms with Gasteiger partial charge in [-0.05, 0) is 84.2 Å². The van der Waals surface area contributed by atoms with Crippen LogP contribution in [-0.2, 0) is 11.4 Å². The third-order valence-electron chi connectivity index (χ3n) is 8.39. The first-order valence-corrected chi connectivity index (χ1v) is 11.9. The highest BCUT2D eigenvalue weighted by atomic mass is 16.6. The molecule has 0 spiro atoms. The van der Waals surface area contributed by atoms with Crippen LogP contribution in [-0.4, -0.2) is 25.4 Å². The maximum absolute atomic E-state index is 11.6. The molecule has 5 rings (SSSR count). The topological polar surface area (TPSA) is 89.4 Å². The van der Waals surface area contributed by atoms with Crippen LogP contribution in [0.1, 0.15) is 55.2 Å². The molecule has 2 N–H and O–H groups in total. The van der Waals surface area contributed by atoms with Crippen molar-refractivity contribution in [1.29, 1.82) is 0 Å². The van der Waals surface area contributed by atoms with E-state index in [2.05, 4.69) is 23.7 Å². The minimum absolute atomic E-state index is 0.0764. The zero-order valence-electron chi connectivity index (χ0n) is 19.9. The molecule has 0 aliphatic heterocycles. The minimum Gasteiger partial charge on any atom is -0.504 e. The molecule has 180 valence electrons. The van der Waals surface area contributed by atoms with Crippen LogP contribution in [0.25, 0.3) is 5.70 Å². The number of ether oxygens (including phenoxy) is 2. The van der Waals surface area contributed by atoms with Crippen LogP contribution in [0.4, 0.5) is 0 Å². The van der Waals surface area contributed by atoms with E-state index in [-0.39, 0.29) is 23.1 Å². The Hall–Kier alpha value is -3.06. The molecule has 2 fully saturated rings. The van der Waals surface area contributed by atoms with Gasteiger partial charge in [-0.15, -0.1) is 0 Å². The van der Waals surface area contributed by atoms with Crippen LogP contribution in [0.3, 0.4) is 0 Å². The van der Waals surface area contributed by atoms with Crippen LogP contribution < -0.4 is 15.0 Å². The second-order valence-electron chi connectivity index (χ2n) is 9.96. The lowest BCUT2D eigenvalue weighted by Gasteiger charge is -2.48. The number of hydroxylamine groups is 1. The van der Waals surface area contributed by atoms with Crippen molar-refractivity contribution in [3.8, 4) is 17.2 Å². The first-order valence-electron chi connectivity index (χ1n) is 11.9. The number of hydrogen-bond donors (Lipinski definition) is 2. The van der Waals surface area contributed by atoms with Gasteiger partial charge >= 0.3 is 0 Å². The van der Waals surface area contributed by atoms with Crippen molar-refractivity contribution in [2.75, 3.05) is 14.2 Å². The number of allylic oxidation sites excluding steroid dienone is 1. The zero-order valence-corrected chi connectivity index (χ0v) is 19.9. The molecule has 0 bridgehead atoms. The fourth-order valence-corrected chi connectivity index (χ4v) is 6.51. The third kappa shape index (κ3) is 3.72. The smallest absolute Gasteiger partial charge is 0.160 e. The summed E-state index contributed by atoms with van der Waals surface area (Å²) in [4.78, 5) is 17.5. The average Bonchev–Trinajstić information content (AvgIpc) is 3.20. The predicted molar refractivity (Wildman–Crippen MR) is 129 cm³/mol. The molecule has 0 aromatic heterocycles. The molecule has 0 radical (unpaired) electrons. The lowest BCUT2D eigenvalue weighted by molar-refractivity contribution is 0.0591. The highest BCUT2D eigenvalue weighted by Gasteiger charge is 2.55. The molecule has 2 aromatic carbocycles. The first-order chi connectivity index (χ1) is 16.5.